The number of hydrogen-bond acceptors (Lipinski definition) is 7. The molecule has 0 unspecified atom stereocenters. The number of hydrogen-bond donors (Lipinski definition) is 2. The first-order valence-corrected chi connectivity index (χ1v) is 8.40. The maximum absolute atomic E-state index is 12.5. The predicted molar refractivity (Wildman–Crippen MR) is 106 cm³/mol. The average molecular weight is 380 g/mol. The summed E-state index contributed by atoms with van der Waals surface area (Å²) in [6, 6.07) is 12.5. The molecular formula is C20H20N4O4. The Morgan fingerprint density at radius 3 is 2.25 bits per heavy atom. The minimum atomic E-state index is -0.354. The van der Waals surface area contributed by atoms with Crippen molar-refractivity contribution in [3.05, 3.63) is 60.4 Å². The second kappa shape index (κ2) is 8.72. The fraction of sp³-hybridized carbons (Fsp3) is 0.150. The van der Waals surface area contributed by atoms with Gasteiger partial charge in [-0.25, -0.2) is 9.97 Å². The molecule has 0 saturated carbocycles. The van der Waals surface area contributed by atoms with Gasteiger partial charge in [0.05, 0.1) is 38.3 Å². The lowest BCUT2D eigenvalue weighted by Crippen LogP contribution is -2.14. The Labute approximate surface area is 162 Å². The van der Waals surface area contributed by atoms with Gasteiger partial charge in [0.2, 0.25) is 5.95 Å². The van der Waals surface area contributed by atoms with Gasteiger partial charge in [0.15, 0.2) is 0 Å². The number of nitrogens with zero attached hydrogens (tertiary/aromatic N) is 2. The molecule has 0 aliphatic carbocycles. The summed E-state index contributed by atoms with van der Waals surface area (Å²) >= 11 is 0. The van der Waals surface area contributed by atoms with E-state index in [-0.39, 0.29) is 5.91 Å². The minimum absolute atomic E-state index is 0.309. The fourth-order valence-electron chi connectivity index (χ4n) is 2.47. The van der Waals surface area contributed by atoms with Crippen molar-refractivity contribution in [2.75, 3.05) is 32.0 Å². The highest BCUT2D eigenvalue weighted by molar-refractivity contribution is 6.04. The second-order valence-electron chi connectivity index (χ2n) is 5.64. The lowest BCUT2D eigenvalue weighted by Gasteiger charge is -2.12. The van der Waals surface area contributed by atoms with Crippen LogP contribution in [0.3, 0.4) is 0 Å². The van der Waals surface area contributed by atoms with E-state index in [0.29, 0.717) is 34.4 Å². The van der Waals surface area contributed by atoms with E-state index in [2.05, 4.69) is 20.6 Å². The summed E-state index contributed by atoms with van der Waals surface area (Å²) in [7, 11) is 4.67. The molecule has 0 bridgehead atoms. The van der Waals surface area contributed by atoms with Crippen molar-refractivity contribution in [1.29, 1.82) is 0 Å². The normalized spacial score (nSPS) is 10.1. The highest BCUT2D eigenvalue weighted by atomic mass is 16.5. The predicted octanol–water partition coefficient (Wildman–Crippen LogP) is 3.50. The average Bonchev–Trinajstić information content (AvgIpc) is 2.74. The highest BCUT2D eigenvalue weighted by Gasteiger charge is 2.12. The standard InChI is InChI=1S/C20H20N4O4/c1-26-14-8-9-16(18(10-14)28-3)23-19(25)13-11-21-20(22-12-13)24-15-6-4-5-7-17(15)27-2/h4-12H,1-3H3,(H,23,25)(H,21,22,24). The van der Waals surface area contributed by atoms with E-state index in [1.807, 2.05) is 24.3 Å². The van der Waals surface area contributed by atoms with Gasteiger partial charge >= 0.3 is 0 Å². The lowest BCUT2D eigenvalue weighted by molar-refractivity contribution is 0.102. The van der Waals surface area contributed by atoms with Gasteiger partial charge in [-0.15, -0.1) is 0 Å². The van der Waals surface area contributed by atoms with Crippen molar-refractivity contribution in [3.63, 3.8) is 0 Å². The van der Waals surface area contributed by atoms with Crippen LogP contribution >= 0.6 is 0 Å². The molecule has 28 heavy (non-hydrogen) atoms. The summed E-state index contributed by atoms with van der Waals surface area (Å²) in [6.07, 6.45) is 2.88. The van der Waals surface area contributed by atoms with E-state index < -0.39 is 0 Å². The Kier molecular flexibility index (Phi) is 5.91. The first kappa shape index (κ1) is 19.0. The summed E-state index contributed by atoms with van der Waals surface area (Å²) in [5.41, 5.74) is 1.55. The van der Waals surface area contributed by atoms with E-state index in [4.69, 9.17) is 14.2 Å². The topological polar surface area (TPSA) is 94.6 Å². The van der Waals surface area contributed by atoms with Gasteiger partial charge < -0.3 is 24.8 Å². The number of carbonyl (C=O) groups is 1. The monoisotopic (exact) mass is 380 g/mol. The Morgan fingerprint density at radius 2 is 1.57 bits per heavy atom. The molecule has 8 heteroatoms. The van der Waals surface area contributed by atoms with E-state index in [9.17, 15) is 4.79 Å². The zero-order valence-corrected chi connectivity index (χ0v) is 15.7. The molecule has 144 valence electrons. The molecule has 1 heterocycles. The third-order valence-electron chi connectivity index (χ3n) is 3.92. The number of aromatic nitrogens is 2. The van der Waals surface area contributed by atoms with Crippen molar-refractivity contribution in [2.45, 2.75) is 0 Å². The molecule has 0 aliphatic rings. The summed E-state index contributed by atoms with van der Waals surface area (Å²) in [5, 5.41) is 5.83. The Morgan fingerprint density at radius 1 is 0.857 bits per heavy atom. The molecule has 1 amide bonds. The molecule has 3 rings (SSSR count). The number of benzene rings is 2. The van der Waals surface area contributed by atoms with Crippen molar-refractivity contribution >= 4 is 23.2 Å². The van der Waals surface area contributed by atoms with Crippen molar-refractivity contribution in [3.8, 4) is 17.2 Å². The van der Waals surface area contributed by atoms with Crippen LogP contribution in [0.1, 0.15) is 10.4 Å². The first-order chi connectivity index (χ1) is 13.6. The van der Waals surface area contributed by atoms with Crippen LogP contribution in [0.25, 0.3) is 0 Å². The number of amides is 1. The second-order valence-corrected chi connectivity index (χ2v) is 5.64. The molecule has 0 radical (unpaired) electrons. The number of para-hydroxylation sites is 2. The quantitative estimate of drug-likeness (QED) is 0.648. The number of rotatable bonds is 7. The van der Waals surface area contributed by atoms with Crippen LogP contribution in [-0.4, -0.2) is 37.2 Å². The van der Waals surface area contributed by atoms with Crippen molar-refractivity contribution in [2.24, 2.45) is 0 Å². The SMILES string of the molecule is COc1ccc(NC(=O)c2cnc(Nc3ccccc3OC)nc2)c(OC)c1. The van der Waals surface area contributed by atoms with Gasteiger partial charge in [-0.1, -0.05) is 12.1 Å². The van der Waals surface area contributed by atoms with Crippen molar-refractivity contribution < 1.29 is 19.0 Å². The summed E-state index contributed by atoms with van der Waals surface area (Å²) in [5.74, 6) is 1.78. The van der Waals surface area contributed by atoms with Gasteiger partial charge in [0, 0.05) is 18.5 Å². The highest BCUT2D eigenvalue weighted by Crippen LogP contribution is 2.29. The molecular weight excluding hydrogens is 360 g/mol. The van der Waals surface area contributed by atoms with Gasteiger partial charge in [0.25, 0.3) is 5.91 Å². The van der Waals surface area contributed by atoms with E-state index >= 15 is 0 Å². The molecule has 0 fully saturated rings. The smallest absolute Gasteiger partial charge is 0.258 e. The number of methoxy groups -OCH3 is 3. The third-order valence-corrected chi connectivity index (χ3v) is 3.92. The van der Waals surface area contributed by atoms with E-state index in [1.165, 1.54) is 19.5 Å². The molecule has 1 aromatic heterocycles. The fourth-order valence-corrected chi connectivity index (χ4v) is 2.47. The molecule has 0 spiro atoms. The number of carbonyl (C=O) groups excluding carboxylic acids is 1. The summed E-state index contributed by atoms with van der Waals surface area (Å²) in [4.78, 5) is 20.9. The van der Waals surface area contributed by atoms with Crippen molar-refractivity contribution in [1.82, 2.24) is 9.97 Å². The zero-order chi connectivity index (χ0) is 19.9. The van der Waals surface area contributed by atoms with Crippen LogP contribution in [0.5, 0.6) is 17.2 Å². The zero-order valence-electron chi connectivity index (χ0n) is 15.7. The molecule has 0 atom stereocenters. The van der Waals surface area contributed by atoms with Crippen LogP contribution in [0.15, 0.2) is 54.9 Å². The molecule has 3 aromatic rings. The van der Waals surface area contributed by atoms with E-state index in [1.54, 1.807) is 32.4 Å². The van der Waals surface area contributed by atoms with Gasteiger partial charge in [-0.05, 0) is 24.3 Å². The molecule has 2 N–H and O–H groups in total. The molecule has 0 saturated heterocycles. The largest absolute Gasteiger partial charge is 0.497 e. The third kappa shape index (κ3) is 4.29. The Bertz CT molecular complexity index is 961. The lowest BCUT2D eigenvalue weighted by atomic mass is 10.2. The van der Waals surface area contributed by atoms with Crippen LogP contribution in [0.2, 0.25) is 0 Å². The summed E-state index contributed by atoms with van der Waals surface area (Å²) < 4.78 is 15.7. The van der Waals surface area contributed by atoms with Crippen LogP contribution in [-0.2, 0) is 0 Å². The molecule has 0 aliphatic heterocycles. The van der Waals surface area contributed by atoms with Crippen LogP contribution in [0, 0.1) is 0 Å². The number of anilines is 3. The maximum atomic E-state index is 12.5. The molecule has 8 nitrogen and oxygen atoms in total. The van der Waals surface area contributed by atoms with Gasteiger partial charge in [0.1, 0.15) is 17.2 Å². The first-order valence-electron chi connectivity index (χ1n) is 8.40. The van der Waals surface area contributed by atoms with Gasteiger partial charge in [-0.3, -0.25) is 4.79 Å². The Balaban J connectivity index is 1.72. The summed E-state index contributed by atoms with van der Waals surface area (Å²) in [6.45, 7) is 0. The van der Waals surface area contributed by atoms with Crippen LogP contribution in [0.4, 0.5) is 17.3 Å². The molecule has 2 aromatic carbocycles. The van der Waals surface area contributed by atoms with Crippen LogP contribution < -0.4 is 24.8 Å². The Hall–Kier alpha value is -3.81. The van der Waals surface area contributed by atoms with Gasteiger partial charge in [-0.2, -0.15) is 0 Å². The number of ether oxygens (including phenoxy) is 3. The van der Waals surface area contributed by atoms with E-state index in [0.717, 1.165) is 5.69 Å². The maximum Gasteiger partial charge on any atom is 0.258 e. The number of nitrogens with one attached hydrogen (secondary N) is 2. The minimum Gasteiger partial charge on any atom is -0.497 e.